The van der Waals surface area contributed by atoms with E-state index in [1.807, 2.05) is 4.98 Å². The number of aromatic nitrogens is 2. The van der Waals surface area contributed by atoms with Crippen LogP contribution in [0, 0.1) is 6.92 Å². The molecule has 148 valence electrons. The molecule has 0 spiro atoms. The first kappa shape index (κ1) is 21.2. The first-order valence-corrected chi connectivity index (χ1v) is 10.7. The van der Waals surface area contributed by atoms with Gasteiger partial charge in [0.15, 0.2) is 12.1 Å². The van der Waals surface area contributed by atoms with Gasteiger partial charge in [0, 0.05) is 11.8 Å². The van der Waals surface area contributed by atoms with Crippen molar-refractivity contribution in [2.75, 3.05) is 12.5 Å². The van der Waals surface area contributed by atoms with E-state index in [9.17, 15) is 33.8 Å². The molecule has 0 bridgehead atoms. The molecule has 5 atom stereocenters. The number of H-pyrrole nitrogens is 1. The number of aliphatic hydroxyl groups excluding tert-OH is 2. The van der Waals surface area contributed by atoms with Crippen molar-refractivity contribution in [3.63, 3.8) is 0 Å². The third-order valence-corrected chi connectivity index (χ3v) is 7.02. The van der Waals surface area contributed by atoms with Crippen LogP contribution in [0.4, 0.5) is 0 Å². The molecule has 0 aromatic carbocycles. The van der Waals surface area contributed by atoms with Crippen molar-refractivity contribution in [1.82, 2.24) is 9.55 Å². The number of hydrogen-bond acceptors (Lipinski definition) is 8. The maximum absolute atomic E-state index is 11.8. The van der Waals surface area contributed by atoms with Crippen LogP contribution in [0.3, 0.4) is 0 Å². The number of ether oxygens (including phenoxy) is 1. The molecule has 1 unspecified atom stereocenters. The van der Waals surface area contributed by atoms with Crippen LogP contribution in [-0.4, -0.2) is 65.3 Å². The Kier molecular flexibility index (Phi) is 6.08. The summed E-state index contributed by atoms with van der Waals surface area (Å²) in [6.07, 6.45) is -4.94. The lowest BCUT2D eigenvalue weighted by Gasteiger charge is -2.18. The van der Waals surface area contributed by atoms with E-state index in [0.29, 0.717) is 0 Å². The summed E-state index contributed by atoms with van der Waals surface area (Å²) >= 11 is 0. The number of hydrogen-bond donors (Lipinski definition) is 6. The second-order valence-corrected chi connectivity index (χ2v) is 9.76. The number of nitrogens with one attached hydrogen (secondary N) is 1. The smallest absolute Gasteiger partial charge is 0.340 e. The third kappa shape index (κ3) is 4.97. The van der Waals surface area contributed by atoms with Gasteiger partial charge in [0.25, 0.3) is 5.56 Å². The fourth-order valence-corrected chi connectivity index (χ4v) is 4.90. The average Bonchev–Trinajstić information content (AvgIpc) is 2.75. The molecule has 1 fully saturated rings. The minimum atomic E-state index is -4.82. The summed E-state index contributed by atoms with van der Waals surface area (Å²) in [4.78, 5) is 52.1. The van der Waals surface area contributed by atoms with Gasteiger partial charge in [-0.05, 0) is 6.92 Å². The van der Waals surface area contributed by atoms with E-state index in [1.165, 1.54) is 6.92 Å². The van der Waals surface area contributed by atoms with Crippen LogP contribution < -0.4 is 11.2 Å². The van der Waals surface area contributed by atoms with Crippen LogP contribution in [0.1, 0.15) is 11.8 Å². The topological polar surface area (TPSA) is 209 Å². The van der Waals surface area contributed by atoms with E-state index in [-0.39, 0.29) is 5.56 Å². The lowest BCUT2D eigenvalue weighted by atomic mass is 10.1. The van der Waals surface area contributed by atoms with Crippen molar-refractivity contribution >= 4 is 15.2 Å². The highest BCUT2D eigenvalue weighted by Crippen LogP contribution is 2.55. The Morgan fingerprint density at radius 3 is 2.42 bits per heavy atom. The van der Waals surface area contributed by atoms with Crippen molar-refractivity contribution in [3.05, 3.63) is 32.6 Å². The zero-order valence-corrected chi connectivity index (χ0v) is 15.1. The summed E-state index contributed by atoms with van der Waals surface area (Å²) in [5.74, 6) is -1.42. The summed E-state index contributed by atoms with van der Waals surface area (Å²) in [7, 11) is -9.50. The summed E-state index contributed by atoms with van der Waals surface area (Å²) in [6, 6.07) is 0. The van der Waals surface area contributed by atoms with Crippen LogP contribution in [0.15, 0.2) is 15.8 Å². The summed E-state index contributed by atoms with van der Waals surface area (Å²) in [6.45, 7) is 0.622. The first-order chi connectivity index (χ1) is 11.8. The Hall–Kier alpha value is -1.14. The molecule has 13 nitrogen and oxygen atoms in total. The molecule has 0 aliphatic carbocycles. The summed E-state index contributed by atoms with van der Waals surface area (Å²) < 4.78 is 33.0. The monoisotopic (exact) mass is 416 g/mol. The number of aliphatic hydroxyl groups is 2. The molecular weight excluding hydrogens is 398 g/mol. The largest absolute Gasteiger partial charge is 0.387 e. The van der Waals surface area contributed by atoms with Gasteiger partial charge in [-0.1, -0.05) is 0 Å². The van der Waals surface area contributed by atoms with Gasteiger partial charge in [-0.3, -0.25) is 23.5 Å². The zero-order valence-electron chi connectivity index (χ0n) is 13.3. The molecular formula is C11H18N2O11P2. The van der Waals surface area contributed by atoms with Crippen LogP contribution in [0.2, 0.25) is 0 Å². The van der Waals surface area contributed by atoms with Crippen molar-refractivity contribution in [3.8, 4) is 0 Å². The maximum Gasteiger partial charge on any atom is 0.340 e. The first-order valence-electron chi connectivity index (χ1n) is 7.15. The molecule has 1 aromatic rings. The average molecular weight is 416 g/mol. The van der Waals surface area contributed by atoms with Crippen LogP contribution in [0.25, 0.3) is 0 Å². The van der Waals surface area contributed by atoms with Crippen molar-refractivity contribution < 1.29 is 43.3 Å². The Morgan fingerprint density at radius 2 is 1.85 bits per heavy atom. The molecule has 0 saturated carbocycles. The van der Waals surface area contributed by atoms with Crippen molar-refractivity contribution in [2.24, 2.45) is 0 Å². The van der Waals surface area contributed by atoms with Crippen molar-refractivity contribution in [2.45, 2.75) is 31.5 Å². The molecule has 2 rings (SSSR count). The molecule has 26 heavy (non-hydrogen) atoms. The van der Waals surface area contributed by atoms with E-state index < -0.39 is 63.5 Å². The lowest BCUT2D eigenvalue weighted by molar-refractivity contribution is -0.0525. The number of rotatable bonds is 6. The highest BCUT2D eigenvalue weighted by atomic mass is 31.2. The van der Waals surface area contributed by atoms with Gasteiger partial charge in [-0.2, -0.15) is 0 Å². The molecule has 0 amide bonds. The Bertz CT molecular complexity index is 874. The predicted molar refractivity (Wildman–Crippen MR) is 84.7 cm³/mol. The molecule has 15 heteroatoms. The lowest BCUT2D eigenvalue weighted by Crippen LogP contribution is -2.38. The Balaban J connectivity index is 2.14. The molecule has 6 N–H and O–H groups in total. The number of aryl methyl sites for hydroxylation is 1. The van der Waals surface area contributed by atoms with Gasteiger partial charge in [0.1, 0.15) is 18.3 Å². The van der Waals surface area contributed by atoms with E-state index in [1.54, 1.807) is 0 Å². The van der Waals surface area contributed by atoms with Gasteiger partial charge >= 0.3 is 20.9 Å². The van der Waals surface area contributed by atoms with Gasteiger partial charge in [0.2, 0.25) is 0 Å². The summed E-state index contributed by atoms with van der Waals surface area (Å²) in [5, 5.41) is 20.0. The highest BCUT2D eigenvalue weighted by molar-refractivity contribution is 7.70. The second-order valence-electron chi connectivity index (χ2n) is 5.76. The molecule has 1 saturated heterocycles. The minimum Gasteiger partial charge on any atom is -0.387 e. The Morgan fingerprint density at radius 1 is 1.23 bits per heavy atom. The second kappa shape index (κ2) is 7.47. The fraction of sp³-hybridized carbons (Fsp3) is 0.636. The van der Waals surface area contributed by atoms with Crippen molar-refractivity contribution in [1.29, 1.82) is 0 Å². The number of aromatic amines is 1. The van der Waals surface area contributed by atoms with E-state index >= 15 is 0 Å². The van der Waals surface area contributed by atoms with Crippen LogP contribution in [0.5, 0.6) is 0 Å². The fourth-order valence-electron chi connectivity index (χ4n) is 2.34. The molecule has 0 radical (unpaired) electrons. The molecule has 2 heterocycles. The van der Waals surface area contributed by atoms with Gasteiger partial charge in [-0.15, -0.1) is 0 Å². The van der Waals surface area contributed by atoms with E-state index in [4.69, 9.17) is 14.5 Å². The standard InChI is InChI=1S/C11H18N2O11P2/c1-5-2-13(11(17)12-9(5)16)10-8(15)7(14)6(24-10)3-23-26(21,22)4-25(18,19)20/h2,6-8,10,14-15H,3-4H2,1H3,(H,21,22)(H,12,16,17)(H2,18,19,20)/t6-,7-,8-,10-/m1/s1. The van der Waals surface area contributed by atoms with Gasteiger partial charge in [-0.25, -0.2) is 4.79 Å². The molecule has 1 aliphatic rings. The number of nitrogens with zero attached hydrogens (tertiary/aromatic N) is 1. The predicted octanol–water partition coefficient (Wildman–Crippen LogP) is -2.20. The van der Waals surface area contributed by atoms with Crippen LogP contribution in [-0.2, 0) is 18.4 Å². The molecule has 1 aromatic heterocycles. The zero-order chi connectivity index (χ0) is 19.9. The normalized spacial score (nSPS) is 28.8. The molecule has 1 aliphatic heterocycles. The third-order valence-electron chi connectivity index (χ3n) is 3.56. The SMILES string of the molecule is Cc1cn([C@@H]2O[C@H](COP(=O)(O)CP(=O)(O)O)[C@@H](O)[C@H]2O)c(=O)[nH]c1=O. The van der Waals surface area contributed by atoms with Gasteiger partial charge < -0.3 is 34.2 Å². The van der Waals surface area contributed by atoms with Crippen LogP contribution >= 0.6 is 15.2 Å². The van der Waals surface area contributed by atoms with E-state index in [0.717, 1.165) is 10.8 Å². The quantitative estimate of drug-likeness (QED) is 0.274. The van der Waals surface area contributed by atoms with Gasteiger partial charge in [0.05, 0.1) is 6.61 Å². The maximum atomic E-state index is 11.8. The minimum absolute atomic E-state index is 0.135. The summed E-state index contributed by atoms with van der Waals surface area (Å²) in [5.41, 5.74) is -1.42. The van der Waals surface area contributed by atoms with E-state index in [2.05, 4.69) is 4.52 Å². The highest BCUT2D eigenvalue weighted by Gasteiger charge is 2.45. The Labute approximate surface area is 145 Å².